The lowest BCUT2D eigenvalue weighted by molar-refractivity contribution is 0.0937. The van der Waals surface area contributed by atoms with Gasteiger partial charge in [-0.3, -0.25) is 4.79 Å². The molecule has 134 valence electrons. The first kappa shape index (κ1) is 19.4. The number of nitrogens with one attached hydrogen (secondary N) is 2. The van der Waals surface area contributed by atoms with Crippen LogP contribution in [0.1, 0.15) is 62.7 Å². The Bertz CT molecular complexity index is 687. The molecule has 1 aliphatic carbocycles. The van der Waals surface area contributed by atoms with Crippen LogP contribution >= 0.6 is 15.9 Å². The number of benzene rings is 1. The Labute approximate surface area is 152 Å². The predicted molar refractivity (Wildman–Crippen MR) is 98.6 cm³/mol. The highest BCUT2D eigenvalue weighted by molar-refractivity contribution is 9.10. The zero-order valence-corrected chi connectivity index (χ0v) is 16.5. The van der Waals surface area contributed by atoms with E-state index in [1.165, 1.54) is 12.1 Å². The molecule has 2 N–H and O–H groups in total. The first-order valence-corrected chi connectivity index (χ1v) is 10.7. The Kier molecular flexibility index (Phi) is 6.83. The molecule has 1 saturated carbocycles. The van der Waals surface area contributed by atoms with Crippen molar-refractivity contribution in [2.75, 3.05) is 0 Å². The zero-order chi connectivity index (χ0) is 17.7. The van der Waals surface area contributed by atoms with Gasteiger partial charge in [0.15, 0.2) is 0 Å². The van der Waals surface area contributed by atoms with Crippen LogP contribution in [0.5, 0.6) is 0 Å². The van der Waals surface area contributed by atoms with Crippen LogP contribution < -0.4 is 10.0 Å². The lowest BCUT2D eigenvalue weighted by Gasteiger charge is -2.15. The maximum Gasteiger partial charge on any atom is 0.252 e. The number of hydrogen-bond acceptors (Lipinski definition) is 3. The molecule has 2 rings (SSSR count). The molecule has 1 atom stereocenters. The van der Waals surface area contributed by atoms with Crippen LogP contribution in [0.3, 0.4) is 0 Å². The summed E-state index contributed by atoms with van der Waals surface area (Å²) in [5, 5.41) is 2.94. The molecular formula is C17H25BrN2O3S. The van der Waals surface area contributed by atoms with Crippen LogP contribution in [0.25, 0.3) is 0 Å². The summed E-state index contributed by atoms with van der Waals surface area (Å²) in [4.78, 5) is 12.6. The molecule has 0 aliphatic heterocycles. The number of sulfonamides is 1. The highest BCUT2D eigenvalue weighted by atomic mass is 79.9. The normalized spacial score (nSPS) is 16.0. The van der Waals surface area contributed by atoms with Gasteiger partial charge < -0.3 is 5.32 Å². The van der Waals surface area contributed by atoms with Crippen molar-refractivity contribution in [3.63, 3.8) is 0 Å². The Balaban J connectivity index is 2.08. The van der Waals surface area contributed by atoms with Gasteiger partial charge in [0.1, 0.15) is 0 Å². The van der Waals surface area contributed by atoms with Gasteiger partial charge in [-0.2, -0.15) is 0 Å². The van der Waals surface area contributed by atoms with Crippen molar-refractivity contribution in [1.82, 2.24) is 10.0 Å². The molecule has 0 radical (unpaired) electrons. The van der Waals surface area contributed by atoms with Crippen LogP contribution in [-0.2, 0) is 10.0 Å². The van der Waals surface area contributed by atoms with Crippen molar-refractivity contribution in [3.8, 4) is 0 Å². The van der Waals surface area contributed by atoms with E-state index in [-0.39, 0.29) is 22.9 Å². The van der Waals surface area contributed by atoms with Gasteiger partial charge in [-0.15, -0.1) is 0 Å². The summed E-state index contributed by atoms with van der Waals surface area (Å²) in [5.74, 6) is -0.255. The largest absolute Gasteiger partial charge is 0.350 e. The number of amides is 1. The minimum Gasteiger partial charge on any atom is -0.350 e. The summed E-state index contributed by atoms with van der Waals surface area (Å²) in [5.41, 5.74) is 0.344. The number of carbonyl (C=O) groups excluding carboxylic acids is 1. The van der Waals surface area contributed by atoms with Crippen molar-refractivity contribution in [2.24, 2.45) is 0 Å². The molecule has 1 amide bonds. The molecule has 1 aliphatic rings. The highest BCUT2D eigenvalue weighted by Gasteiger charge is 2.28. The zero-order valence-electron chi connectivity index (χ0n) is 14.1. The Hall–Kier alpha value is -0.920. The maximum atomic E-state index is 12.5. The maximum absolute atomic E-state index is 12.5. The third kappa shape index (κ3) is 5.57. The van der Waals surface area contributed by atoms with Gasteiger partial charge >= 0.3 is 0 Å². The average molecular weight is 417 g/mol. The van der Waals surface area contributed by atoms with Gasteiger partial charge in [-0.05, 0) is 60.3 Å². The van der Waals surface area contributed by atoms with E-state index in [1.54, 1.807) is 6.07 Å². The molecule has 1 aromatic carbocycles. The van der Waals surface area contributed by atoms with Gasteiger partial charge in [-0.1, -0.05) is 26.2 Å². The molecule has 1 fully saturated rings. The molecule has 0 saturated heterocycles. The van der Waals surface area contributed by atoms with Gasteiger partial charge in [-0.25, -0.2) is 13.1 Å². The fourth-order valence-corrected chi connectivity index (χ4v) is 4.17. The van der Waals surface area contributed by atoms with Crippen molar-refractivity contribution in [2.45, 2.75) is 69.4 Å². The monoisotopic (exact) mass is 416 g/mol. The Morgan fingerprint density at radius 3 is 2.67 bits per heavy atom. The molecule has 1 unspecified atom stereocenters. The molecule has 24 heavy (non-hydrogen) atoms. The van der Waals surface area contributed by atoms with Crippen LogP contribution in [0.2, 0.25) is 0 Å². The molecule has 0 spiro atoms. The van der Waals surface area contributed by atoms with Crippen LogP contribution in [0.4, 0.5) is 0 Å². The molecule has 1 aromatic rings. The summed E-state index contributed by atoms with van der Waals surface area (Å²) < 4.78 is 27.8. The summed E-state index contributed by atoms with van der Waals surface area (Å²) in [6, 6.07) is 4.65. The number of carbonyl (C=O) groups is 1. The van der Waals surface area contributed by atoms with Crippen LogP contribution in [0.15, 0.2) is 27.6 Å². The van der Waals surface area contributed by atoms with Gasteiger partial charge in [0.25, 0.3) is 5.91 Å². The summed E-state index contributed by atoms with van der Waals surface area (Å²) in [6.07, 6.45) is 6.01. The second-order valence-electron chi connectivity index (χ2n) is 6.41. The van der Waals surface area contributed by atoms with E-state index >= 15 is 0 Å². The first-order chi connectivity index (χ1) is 11.3. The second kappa shape index (κ2) is 8.45. The predicted octanol–water partition coefficient (Wildman–Crippen LogP) is 3.59. The average Bonchev–Trinajstić information content (AvgIpc) is 3.30. The standard InChI is InChI=1S/C17H25BrN2O3S/c1-3-4-5-6-12(2)19-17(21)15-11-14(9-10-16(15)18)24(22,23)20-13-7-8-13/h9-13,20H,3-8H2,1-2H3,(H,19,21). The smallest absolute Gasteiger partial charge is 0.252 e. The molecule has 7 heteroatoms. The van der Waals surface area contributed by atoms with E-state index in [0.717, 1.165) is 38.5 Å². The van der Waals surface area contributed by atoms with E-state index in [0.29, 0.717) is 10.0 Å². The van der Waals surface area contributed by atoms with Crippen LogP contribution in [-0.4, -0.2) is 26.4 Å². The number of unbranched alkanes of at least 4 members (excludes halogenated alkanes) is 2. The van der Waals surface area contributed by atoms with Gasteiger partial charge in [0.2, 0.25) is 10.0 Å². The SMILES string of the molecule is CCCCCC(C)NC(=O)c1cc(S(=O)(=O)NC2CC2)ccc1Br. The fraction of sp³-hybridized carbons (Fsp3) is 0.588. The molecule has 0 bridgehead atoms. The number of halogens is 1. The highest BCUT2D eigenvalue weighted by Crippen LogP contribution is 2.25. The van der Waals surface area contributed by atoms with E-state index in [1.807, 2.05) is 6.92 Å². The van der Waals surface area contributed by atoms with Crippen molar-refractivity contribution in [1.29, 1.82) is 0 Å². The molecule has 0 aromatic heterocycles. The molecule has 5 nitrogen and oxygen atoms in total. The second-order valence-corrected chi connectivity index (χ2v) is 8.98. The van der Waals surface area contributed by atoms with Crippen LogP contribution in [0, 0.1) is 0 Å². The van der Waals surface area contributed by atoms with E-state index in [9.17, 15) is 13.2 Å². The number of rotatable bonds is 9. The van der Waals surface area contributed by atoms with Gasteiger partial charge in [0.05, 0.1) is 10.5 Å². The molecule has 0 heterocycles. The third-order valence-corrected chi connectivity index (χ3v) is 6.22. The van der Waals surface area contributed by atoms with E-state index in [2.05, 4.69) is 32.9 Å². The van der Waals surface area contributed by atoms with Crippen molar-refractivity contribution >= 4 is 31.9 Å². The fourth-order valence-electron chi connectivity index (χ4n) is 2.41. The quantitative estimate of drug-likeness (QED) is 0.603. The summed E-state index contributed by atoms with van der Waals surface area (Å²) >= 11 is 3.34. The minimum atomic E-state index is -3.57. The lowest BCUT2D eigenvalue weighted by atomic mass is 10.1. The Morgan fingerprint density at radius 1 is 1.33 bits per heavy atom. The number of hydrogen-bond donors (Lipinski definition) is 2. The summed E-state index contributed by atoms with van der Waals surface area (Å²) in [7, 11) is -3.57. The first-order valence-electron chi connectivity index (χ1n) is 8.46. The van der Waals surface area contributed by atoms with E-state index in [4.69, 9.17) is 0 Å². The Morgan fingerprint density at radius 2 is 2.04 bits per heavy atom. The molecular weight excluding hydrogens is 392 g/mol. The minimum absolute atomic E-state index is 0.0366. The third-order valence-electron chi connectivity index (χ3n) is 4.01. The van der Waals surface area contributed by atoms with Crippen molar-refractivity contribution in [3.05, 3.63) is 28.2 Å². The van der Waals surface area contributed by atoms with Crippen molar-refractivity contribution < 1.29 is 13.2 Å². The summed E-state index contributed by atoms with van der Waals surface area (Å²) in [6.45, 7) is 4.11. The van der Waals surface area contributed by atoms with E-state index < -0.39 is 10.0 Å². The topological polar surface area (TPSA) is 75.3 Å². The van der Waals surface area contributed by atoms with Gasteiger partial charge in [0, 0.05) is 16.6 Å². The lowest BCUT2D eigenvalue weighted by Crippen LogP contribution is -2.33.